The fourth-order valence-corrected chi connectivity index (χ4v) is 3.92. The second-order valence-corrected chi connectivity index (χ2v) is 7.19. The molecule has 0 aliphatic carbocycles. The number of nitrogens with one attached hydrogen (secondary N) is 1. The molecular formula is C25H21N5. The van der Waals surface area contributed by atoms with E-state index in [2.05, 4.69) is 87.5 Å². The smallest absolute Gasteiger partial charge is 0.153 e. The molecule has 0 aliphatic rings. The number of benzene rings is 3. The summed E-state index contributed by atoms with van der Waals surface area (Å²) in [5.74, 6) is 6.47. The van der Waals surface area contributed by atoms with Gasteiger partial charge in [0.1, 0.15) is 6.33 Å². The highest BCUT2D eigenvalue weighted by Crippen LogP contribution is 2.43. The first-order valence-electron chi connectivity index (χ1n) is 9.82. The summed E-state index contributed by atoms with van der Waals surface area (Å²) >= 11 is 0. The van der Waals surface area contributed by atoms with Crippen molar-refractivity contribution >= 4 is 16.9 Å². The molecule has 0 fully saturated rings. The van der Waals surface area contributed by atoms with Crippen molar-refractivity contribution < 1.29 is 0 Å². The molecule has 0 amide bonds. The van der Waals surface area contributed by atoms with Gasteiger partial charge in [-0.3, -0.25) is 4.57 Å². The van der Waals surface area contributed by atoms with E-state index in [4.69, 9.17) is 5.84 Å². The third-order valence-electron chi connectivity index (χ3n) is 5.29. The van der Waals surface area contributed by atoms with Gasteiger partial charge in [-0.05, 0) is 30.2 Å². The van der Waals surface area contributed by atoms with Crippen LogP contribution in [0.1, 0.15) is 5.56 Å². The Morgan fingerprint density at radius 3 is 2.03 bits per heavy atom. The first-order chi connectivity index (χ1) is 14.8. The maximum absolute atomic E-state index is 5.87. The third-order valence-corrected chi connectivity index (χ3v) is 5.29. The number of aryl methyl sites for hydroxylation is 1. The van der Waals surface area contributed by atoms with Gasteiger partial charge >= 0.3 is 0 Å². The number of aromatic nitrogens is 3. The van der Waals surface area contributed by atoms with E-state index < -0.39 is 0 Å². The Balaban J connectivity index is 1.99. The van der Waals surface area contributed by atoms with Crippen LogP contribution in [0.15, 0.2) is 91.3 Å². The van der Waals surface area contributed by atoms with Crippen molar-refractivity contribution in [1.29, 1.82) is 0 Å². The number of fused-ring (bicyclic) bond motifs is 1. The van der Waals surface area contributed by atoms with Gasteiger partial charge in [0.25, 0.3) is 0 Å². The molecule has 2 heterocycles. The van der Waals surface area contributed by atoms with Crippen LogP contribution in [0.3, 0.4) is 0 Å². The molecule has 30 heavy (non-hydrogen) atoms. The summed E-state index contributed by atoms with van der Waals surface area (Å²) in [7, 11) is 0. The summed E-state index contributed by atoms with van der Waals surface area (Å²) in [4.78, 5) is 9.08. The average molecular weight is 391 g/mol. The molecule has 0 spiro atoms. The fourth-order valence-electron chi connectivity index (χ4n) is 3.92. The number of rotatable bonds is 4. The van der Waals surface area contributed by atoms with Crippen LogP contribution in [0.2, 0.25) is 0 Å². The zero-order valence-corrected chi connectivity index (χ0v) is 16.6. The van der Waals surface area contributed by atoms with Crippen molar-refractivity contribution in [2.75, 3.05) is 5.43 Å². The Bertz CT molecular complexity index is 1310. The lowest BCUT2D eigenvalue weighted by molar-refractivity contribution is 1.08. The SMILES string of the molecule is Cc1ccc(-n2c(-c3ccccc3)c(-c3ccccc3)c3c(NN)ncnc32)cc1. The van der Waals surface area contributed by atoms with Gasteiger partial charge in [0.15, 0.2) is 11.5 Å². The van der Waals surface area contributed by atoms with Gasteiger partial charge in [0.05, 0.1) is 11.1 Å². The highest BCUT2D eigenvalue weighted by atomic mass is 15.3. The Labute approximate surface area is 174 Å². The predicted molar refractivity (Wildman–Crippen MR) is 122 cm³/mol. The summed E-state index contributed by atoms with van der Waals surface area (Å²) in [5, 5.41) is 0.894. The molecule has 0 saturated carbocycles. The minimum atomic E-state index is 0.599. The second kappa shape index (κ2) is 7.46. The summed E-state index contributed by atoms with van der Waals surface area (Å²) in [6.45, 7) is 2.09. The van der Waals surface area contributed by atoms with Crippen molar-refractivity contribution in [2.24, 2.45) is 5.84 Å². The van der Waals surface area contributed by atoms with Crippen LogP contribution < -0.4 is 11.3 Å². The van der Waals surface area contributed by atoms with Gasteiger partial charge in [-0.2, -0.15) is 0 Å². The van der Waals surface area contributed by atoms with E-state index in [0.29, 0.717) is 5.82 Å². The number of nitrogens with two attached hydrogens (primary N) is 1. The van der Waals surface area contributed by atoms with Crippen molar-refractivity contribution in [1.82, 2.24) is 14.5 Å². The maximum Gasteiger partial charge on any atom is 0.153 e. The van der Waals surface area contributed by atoms with Crippen molar-refractivity contribution in [3.8, 4) is 28.1 Å². The van der Waals surface area contributed by atoms with Crippen LogP contribution in [0.5, 0.6) is 0 Å². The zero-order valence-electron chi connectivity index (χ0n) is 16.6. The molecule has 0 saturated heterocycles. The Hall–Kier alpha value is -3.96. The molecule has 5 aromatic rings. The Morgan fingerprint density at radius 1 is 0.767 bits per heavy atom. The molecule has 3 N–H and O–H groups in total. The average Bonchev–Trinajstić information content (AvgIpc) is 3.16. The normalized spacial score (nSPS) is 11.0. The first-order valence-corrected chi connectivity index (χ1v) is 9.82. The summed E-state index contributed by atoms with van der Waals surface area (Å²) < 4.78 is 2.19. The summed E-state index contributed by atoms with van der Waals surface area (Å²) in [6.07, 6.45) is 1.55. The van der Waals surface area contributed by atoms with Gasteiger partial charge in [0, 0.05) is 11.3 Å². The van der Waals surface area contributed by atoms with E-state index in [1.165, 1.54) is 5.56 Å². The lowest BCUT2D eigenvalue weighted by Crippen LogP contribution is -2.09. The quantitative estimate of drug-likeness (QED) is 0.320. The highest BCUT2D eigenvalue weighted by Gasteiger charge is 2.24. The van der Waals surface area contributed by atoms with Crippen LogP contribution in [0.25, 0.3) is 39.1 Å². The number of hydrogen-bond donors (Lipinski definition) is 2. The maximum atomic E-state index is 5.87. The van der Waals surface area contributed by atoms with E-state index in [-0.39, 0.29) is 0 Å². The lowest BCUT2D eigenvalue weighted by atomic mass is 9.99. The van der Waals surface area contributed by atoms with E-state index in [1.54, 1.807) is 6.33 Å². The number of hydrogen-bond acceptors (Lipinski definition) is 4. The summed E-state index contributed by atoms with van der Waals surface area (Å²) in [6, 6.07) is 29.1. The Kier molecular flexibility index (Phi) is 4.50. The molecule has 2 aromatic heterocycles. The van der Waals surface area contributed by atoms with Crippen molar-refractivity contribution in [2.45, 2.75) is 6.92 Å². The second-order valence-electron chi connectivity index (χ2n) is 7.19. The van der Waals surface area contributed by atoms with Gasteiger partial charge in [-0.1, -0.05) is 78.4 Å². The van der Waals surface area contributed by atoms with Crippen molar-refractivity contribution in [3.05, 3.63) is 96.8 Å². The molecule has 0 atom stereocenters. The van der Waals surface area contributed by atoms with E-state index in [0.717, 1.165) is 39.1 Å². The molecular weight excluding hydrogens is 370 g/mol. The summed E-state index contributed by atoms with van der Waals surface area (Å²) in [5.41, 5.74) is 10.1. The van der Waals surface area contributed by atoms with E-state index in [9.17, 15) is 0 Å². The Morgan fingerprint density at radius 2 is 1.40 bits per heavy atom. The molecule has 5 heteroatoms. The minimum absolute atomic E-state index is 0.599. The first kappa shape index (κ1) is 18.1. The van der Waals surface area contributed by atoms with Gasteiger partial charge in [-0.15, -0.1) is 0 Å². The number of anilines is 1. The van der Waals surface area contributed by atoms with Crippen LogP contribution >= 0.6 is 0 Å². The third kappa shape index (κ3) is 2.93. The van der Waals surface area contributed by atoms with Crippen LogP contribution in [0.4, 0.5) is 5.82 Å². The zero-order chi connectivity index (χ0) is 20.5. The standard InChI is InChI=1S/C25H21N5/c1-17-12-14-20(15-13-17)30-23(19-10-6-3-7-11-19)21(18-8-4-2-5-9-18)22-24(29-26)27-16-28-25(22)30/h2-16H,26H2,1H3,(H,27,28,29). The van der Waals surface area contributed by atoms with Gasteiger partial charge in [0.2, 0.25) is 0 Å². The van der Waals surface area contributed by atoms with Crippen LogP contribution in [-0.2, 0) is 0 Å². The molecule has 5 rings (SSSR count). The van der Waals surface area contributed by atoms with Gasteiger partial charge < -0.3 is 5.43 Å². The molecule has 5 nitrogen and oxygen atoms in total. The molecule has 0 radical (unpaired) electrons. The topological polar surface area (TPSA) is 68.8 Å². The van der Waals surface area contributed by atoms with Crippen molar-refractivity contribution in [3.63, 3.8) is 0 Å². The predicted octanol–water partition coefficient (Wildman–Crippen LogP) is 5.35. The number of nitrogens with zero attached hydrogens (tertiary/aromatic N) is 3. The molecule has 3 aromatic carbocycles. The number of hydrazine groups is 1. The molecule has 0 bridgehead atoms. The van der Waals surface area contributed by atoms with E-state index in [1.807, 2.05) is 24.3 Å². The van der Waals surface area contributed by atoms with Crippen LogP contribution in [-0.4, -0.2) is 14.5 Å². The largest absolute Gasteiger partial charge is 0.308 e. The minimum Gasteiger partial charge on any atom is -0.308 e. The highest BCUT2D eigenvalue weighted by molar-refractivity contribution is 6.09. The fraction of sp³-hybridized carbons (Fsp3) is 0.0400. The lowest BCUT2D eigenvalue weighted by Gasteiger charge is -2.13. The van der Waals surface area contributed by atoms with E-state index >= 15 is 0 Å². The number of nitrogen functional groups attached to an aromatic ring is 1. The van der Waals surface area contributed by atoms with Crippen LogP contribution in [0, 0.1) is 6.92 Å². The van der Waals surface area contributed by atoms with Gasteiger partial charge in [-0.25, -0.2) is 15.8 Å². The molecule has 0 unspecified atom stereocenters. The monoisotopic (exact) mass is 391 g/mol. The molecule has 146 valence electrons. The molecule has 0 aliphatic heterocycles.